The van der Waals surface area contributed by atoms with Gasteiger partial charge in [0.15, 0.2) is 15.0 Å². The van der Waals surface area contributed by atoms with Gasteiger partial charge < -0.3 is 0 Å². The van der Waals surface area contributed by atoms with Crippen molar-refractivity contribution in [3.8, 4) is 11.3 Å². The Morgan fingerprint density at radius 2 is 1.62 bits per heavy atom. The summed E-state index contributed by atoms with van der Waals surface area (Å²) in [7, 11) is -3.36. The van der Waals surface area contributed by atoms with Gasteiger partial charge in [0.1, 0.15) is 0 Å². The number of hydrogen-bond donors (Lipinski definition) is 1. The molecule has 152 valence electrons. The Labute approximate surface area is 175 Å². The fraction of sp³-hybridized carbons (Fsp3) is 0.273. The summed E-state index contributed by atoms with van der Waals surface area (Å²) in [5.74, 6) is -0.322. The van der Waals surface area contributed by atoms with E-state index in [1.165, 1.54) is 41.2 Å². The molecule has 0 unspecified atom stereocenters. The number of carbonyl (C=O) groups is 1. The summed E-state index contributed by atoms with van der Waals surface area (Å²) >= 11 is 1.36. The van der Waals surface area contributed by atoms with E-state index in [0.717, 1.165) is 22.4 Å². The van der Waals surface area contributed by atoms with Gasteiger partial charge in [-0.3, -0.25) is 10.1 Å². The highest BCUT2D eigenvalue weighted by Crippen LogP contribution is 2.31. The monoisotopic (exact) mass is 428 g/mol. The van der Waals surface area contributed by atoms with Gasteiger partial charge >= 0.3 is 0 Å². The molecule has 0 bridgehead atoms. The van der Waals surface area contributed by atoms with Crippen LogP contribution in [0.1, 0.15) is 40.9 Å². The SMILES string of the molecule is Cc1cc(C)c(-c2csc(NC(=O)c3ccc(S(=O)(=O)C(C)C)cc3)n2)c(C)c1. The molecule has 1 aromatic heterocycles. The van der Waals surface area contributed by atoms with Crippen molar-refractivity contribution in [2.24, 2.45) is 0 Å². The maximum Gasteiger partial charge on any atom is 0.257 e. The van der Waals surface area contributed by atoms with Crippen LogP contribution in [-0.4, -0.2) is 24.6 Å². The van der Waals surface area contributed by atoms with Gasteiger partial charge in [0, 0.05) is 16.5 Å². The Hall–Kier alpha value is -2.51. The average Bonchev–Trinajstić information content (AvgIpc) is 3.08. The van der Waals surface area contributed by atoms with Crippen molar-refractivity contribution in [2.75, 3.05) is 5.32 Å². The van der Waals surface area contributed by atoms with Gasteiger partial charge in [0.25, 0.3) is 5.91 Å². The van der Waals surface area contributed by atoms with Gasteiger partial charge in [-0.25, -0.2) is 13.4 Å². The van der Waals surface area contributed by atoms with E-state index in [1.807, 2.05) is 5.38 Å². The third-order valence-electron chi connectivity index (χ3n) is 4.72. The normalized spacial score (nSPS) is 11.7. The summed E-state index contributed by atoms with van der Waals surface area (Å²) in [6, 6.07) is 10.2. The van der Waals surface area contributed by atoms with Gasteiger partial charge in [0.05, 0.1) is 15.8 Å². The molecule has 7 heteroatoms. The predicted octanol–water partition coefficient (Wildman–Crippen LogP) is 5.17. The maximum atomic E-state index is 12.5. The Bertz CT molecular complexity index is 1140. The number of aryl methyl sites for hydroxylation is 3. The number of rotatable bonds is 5. The highest BCUT2D eigenvalue weighted by atomic mass is 32.2. The second kappa shape index (κ2) is 8.08. The van der Waals surface area contributed by atoms with E-state index in [0.29, 0.717) is 10.7 Å². The third-order valence-corrected chi connectivity index (χ3v) is 7.65. The molecule has 0 atom stereocenters. The average molecular weight is 429 g/mol. The molecule has 1 heterocycles. The van der Waals surface area contributed by atoms with Crippen molar-refractivity contribution in [2.45, 2.75) is 44.8 Å². The number of amides is 1. The molecule has 2 aromatic carbocycles. The minimum absolute atomic E-state index is 0.214. The maximum absolute atomic E-state index is 12.5. The van der Waals surface area contributed by atoms with Crippen LogP contribution < -0.4 is 5.32 Å². The molecule has 0 saturated heterocycles. The molecule has 1 N–H and O–H groups in total. The van der Waals surface area contributed by atoms with Crippen molar-refractivity contribution in [1.82, 2.24) is 4.98 Å². The van der Waals surface area contributed by atoms with Crippen molar-refractivity contribution >= 4 is 32.2 Å². The van der Waals surface area contributed by atoms with Crippen LogP contribution in [0.15, 0.2) is 46.7 Å². The molecule has 0 aliphatic heterocycles. The first-order valence-electron chi connectivity index (χ1n) is 9.28. The molecule has 0 saturated carbocycles. The van der Waals surface area contributed by atoms with Crippen molar-refractivity contribution in [3.05, 3.63) is 64.0 Å². The summed E-state index contributed by atoms with van der Waals surface area (Å²) < 4.78 is 24.4. The van der Waals surface area contributed by atoms with Crippen molar-refractivity contribution in [3.63, 3.8) is 0 Å². The number of thiazole rings is 1. The summed E-state index contributed by atoms with van der Waals surface area (Å²) in [6.07, 6.45) is 0. The molecule has 0 aliphatic rings. The van der Waals surface area contributed by atoms with E-state index in [-0.39, 0.29) is 10.8 Å². The lowest BCUT2D eigenvalue weighted by atomic mass is 9.98. The third kappa shape index (κ3) is 4.41. The van der Waals surface area contributed by atoms with Gasteiger partial charge in [0.2, 0.25) is 0 Å². The molecule has 0 aliphatic carbocycles. The molecule has 3 aromatic rings. The van der Waals surface area contributed by atoms with Crippen LogP contribution in [0.2, 0.25) is 0 Å². The van der Waals surface area contributed by atoms with Crippen LogP contribution in [0.5, 0.6) is 0 Å². The topological polar surface area (TPSA) is 76.1 Å². The molecule has 0 spiro atoms. The van der Waals surface area contributed by atoms with E-state index >= 15 is 0 Å². The van der Waals surface area contributed by atoms with Crippen molar-refractivity contribution in [1.29, 1.82) is 0 Å². The zero-order chi connectivity index (χ0) is 21.3. The smallest absolute Gasteiger partial charge is 0.257 e. The molecule has 29 heavy (non-hydrogen) atoms. The van der Waals surface area contributed by atoms with Crippen LogP contribution in [0.25, 0.3) is 11.3 Å². The zero-order valence-electron chi connectivity index (χ0n) is 17.1. The number of aromatic nitrogens is 1. The predicted molar refractivity (Wildman–Crippen MR) is 118 cm³/mol. The second-order valence-electron chi connectivity index (χ2n) is 7.38. The Kier molecular flexibility index (Phi) is 5.91. The fourth-order valence-corrected chi connectivity index (χ4v) is 5.02. The van der Waals surface area contributed by atoms with E-state index in [4.69, 9.17) is 0 Å². The standard InChI is InChI=1S/C22H24N2O3S2/c1-13(2)29(26,27)18-8-6-17(7-9-18)21(25)24-22-23-19(12-28-22)20-15(4)10-14(3)11-16(20)5/h6-13H,1-5H3,(H,23,24,25). The summed E-state index contributed by atoms with van der Waals surface area (Å²) in [6.45, 7) is 9.44. The molecule has 3 rings (SSSR count). The van der Waals surface area contributed by atoms with Crippen LogP contribution in [0, 0.1) is 20.8 Å². The number of carbonyl (C=O) groups excluding carboxylic acids is 1. The number of benzene rings is 2. The highest BCUT2D eigenvalue weighted by molar-refractivity contribution is 7.92. The van der Waals surface area contributed by atoms with E-state index in [9.17, 15) is 13.2 Å². The Balaban J connectivity index is 1.79. The minimum Gasteiger partial charge on any atom is -0.298 e. The number of sulfone groups is 1. The lowest BCUT2D eigenvalue weighted by molar-refractivity contribution is 0.102. The lowest BCUT2D eigenvalue weighted by Gasteiger charge is -2.09. The van der Waals surface area contributed by atoms with Crippen LogP contribution >= 0.6 is 11.3 Å². The first-order chi connectivity index (χ1) is 13.6. The quantitative estimate of drug-likeness (QED) is 0.608. The van der Waals surface area contributed by atoms with Crippen LogP contribution in [0.3, 0.4) is 0 Å². The fourth-order valence-electron chi connectivity index (χ4n) is 3.27. The number of nitrogens with zero attached hydrogens (tertiary/aromatic N) is 1. The Morgan fingerprint density at radius 3 is 2.17 bits per heavy atom. The second-order valence-corrected chi connectivity index (χ2v) is 10.7. The lowest BCUT2D eigenvalue weighted by Crippen LogP contribution is -2.15. The first kappa shape index (κ1) is 21.2. The van der Waals surface area contributed by atoms with Gasteiger partial charge in [-0.15, -0.1) is 11.3 Å². The van der Waals surface area contributed by atoms with Crippen LogP contribution in [-0.2, 0) is 9.84 Å². The van der Waals surface area contributed by atoms with Gasteiger partial charge in [-0.05, 0) is 70.0 Å². The van der Waals surface area contributed by atoms with Gasteiger partial charge in [-0.1, -0.05) is 17.7 Å². The molecule has 0 fully saturated rings. The number of hydrogen-bond acceptors (Lipinski definition) is 5. The van der Waals surface area contributed by atoms with E-state index < -0.39 is 15.1 Å². The van der Waals surface area contributed by atoms with Gasteiger partial charge in [-0.2, -0.15) is 0 Å². The molecular weight excluding hydrogens is 404 g/mol. The summed E-state index contributed by atoms with van der Waals surface area (Å²) in [5.41, 5.74) is 5.79. The van der Waals surface area contributed by atoms with Crippen molar-refractivity contribution < 1.29 is 13.2 Å². The Morgan fingerprint density at radius 1 is 1.03 bits per heavy atom. The zero-order valence-corrected chi connectivity index (χ0v) is 18.7. The largest absolute Gasteiger partial charge is 0.298 e. The van der Waals surface area contributed by atoms with E-state index in [1.54, 1.807) is 13.8 Å². The molecule has 1 amide bonds. The summed E-state index contributed by atoms with van der Waals surface area (Å²) in [4.78, 5) is 17.3. The first-order valence-corrected chi connectivity index (χ1v) is 11.7. The molecule has 5 nitrogen and oxygen atoms in total. The minimum atomic E-state index is -3.36. The molecular formula is C22H24N2O3S2. The highest BCUT2D eigenvalue weighted by Gasteiger charge is 2.19. The molecule has 0 radical (unpaired) electrons. The number of nitrogens with one attached hydrogen (secondary N) is 1. The number of anilines is 1. The van der Waals surface area contributed by atoms with Crippen LogP contribution in [0.4, 0.5) is 5.13 Å². The van der Waals surface area contributed by atoms with E-state index in [2.05, 4.69) is 43.2 Å². The summed E-state index contributed by atoms with van der Waals surface area (Å²) in [5, 5.41) is 4.72.